The molecule has 0 aromatic heterocycles. The Morgan fingerprint density at radius 2 is 1.19 bits per heavy atom. The Morgan fingerprint density at radius 1 is 0.704 bits per heavy atom. The van der Waals surface area contributed by atoms with Crippen LogP contribution in [0, 0.1) is 0 Å². The molecule has 2 aromatic carbocycles. The topological polar surface area (TPSA) is 42.5 Å². The smallest absolute Gasteiger partial charge is 0.120 e. The van der Waals surface area contributed by atoms with Crippen LogP contribution in [0.4, 0.5) is 0 Å². The van der Waals surface area contributed by atoms with Crippen LogP contribution >= 0.6 is 0 Å². The first-order valence-corrected chi connectivity index (χ1v) is 10.2. The Hall–Kier alpha value is -2.04. The van der Waals surface area contributed by atoms with Gasteiger partial charge in [-0.25, -0.2) is 0 Å². The van der Waals surface area contributed by atoms with Gasteiger partial charge in [-0.15, -0.1) is 0 Å². The van der Waals surface area contributed by atoms with Crippen molar-refractivity contribution >= 4 is 0 Å². The Balaban J connectivity index is 1.61. The quantitative estimate of drug-likeness (QED) is 0.474. The number of ether oxygens (including phenoxy) is 2. The van der Waals surface area contributed by atoms with E-state index in [-0.39, 0.29) is 0 Å². The third-order valence-corrected chi connectivity index (χ3v) is 4.78. The third-order valence-electron chi connectivity index (χ3n) is 4.78. The second kappa shape index (κ2) is 10.3. The highest BCUT2D eigenvalue weighted by Crippen LogP contribution is 2.40. The SMILES string of the molecule is CCCNCCOc1ccc2c(c1)-c1cc(OCCNCCC)ccc1C2. The zero-order chi connectivity index (χ0) is 18.9. The first-order chi connectivity index (χ1) is 13.3. The third kappa shape index (κ3) is 5.47. The fourth-order valence-electron chi connectivity index (χ4n) is 3.39. The van der Waals surface area contributed by atoms with E-state index in [1.54, 1.807) is 0 Å². The highest BCUT2D eigenvalue weighted by Gasteiger charge is 2.19. The van der Waals surface area contributed by atoms with E-state index in [0.717, 1.165) is 56.9 Å². The zero-order valence-corrected chi connectivity index (χ0v) is 16.6. The summed E-state index contributed by atoms with van der Waals surface area (Å²) in [5.41, 5.74) is 5.28. The van der Waals surface area contributed by atoms with Crippen molar-refractivity contribution in [2.75, 3.05) is 39.4 Å². The fraction of sp³-hybridized carbons (Fsp3) is 0.478. The van der Waals surface area contributed by atoms with E-state index in [1.165, 1.54) is 22.3 Å². The summed E-state index contributed by atoms with van der Waals surface area (Å²) in [5.74, 6) is 1.88. The van der Waals surface area contributed by atoms with Crippen LogP contribution in [0.5, 0.6) is 11.5 Å². The Bertz CT molecular complexity index is 669. The molecule has 0 fully saturated rings. The van der Waals surface area contributed by atoms with Gasteiger partial charge in [-0.05, 0) is 78.9 Å². The standard InChI is InChI=1S/C23H32N2O2/c1-3-9-24-11-13-26-20-7-5-18-15-19-6-8-21(17-23(19)22(18)16-20)27-14-12-25-10-4-2/h5-8,16-17,24-25H,3-4,9-15H2,1-2H3. The van der Waals surface area contributed by atoms with Crippen LogP contribution in [-0.2, 0) is 6.42 Å². The summed E-state index contributed by atoms with van der Waals surface area (Å²) in [5, 5.41) is 6.73. The van der Waals surface area contributed by atoms with Gasteiger partial charge in [0.2, 0.25) is 0 Å². The van der Waals surface area contributed by atoms with Crippen LogP contribution in [0.3, 0.4) is 0 Å². The van der Waals surface area contributed by atoms with Crippen LogP contribution in [0.1, 0.15) is 37.8 Å². The van der Waals surface area contributed by atoms with E-state index in [1.807, 2.05) is 0 Å². The van der Waals surface area contributed by atoms with Gasteiger partial charge < -0.3 is 20.1 Å². The Morgan fingerprint density at radius 3 is 1.63 bits per heavy atom. The highest BCUT2D eigenvalue weighted by molar-refractivity contribution is 5.78. The highest BCUT2D eigenvalue weighted by atomic mass is 16.5. The summed E-state index contributed by atoms with van der Waals surface area (Å²) in [6, 6.07) is 12.9. The molecule has 0 bridgehead atoms. The van der Waals surface area contributed by atoms with Crippen LogP contribution in [-0.4, -0.2) is 39.4 Å². The summed E-state index contributed by atoms with van der Waals surface area (Å²) in [6.45, 7) is 9.57. The molecule has 0 spiro atoms. The summed E-state index contributed by atoms with van der Waals surface area (Å²) < 4.78 is 11.8. The van der Waals surface area contributed by atoms with E-state index in [2.05, 4.69) is 60.9 Å². The van der Waals surface area contributed by atoms with Crippen LogP contribution in [0.25, 0.3) is 11.1 Å². The fourth-order valence-corrected chi connectivity index (χ4v) is 3.39. The molecule has 4 nitrogen and oxygen atoms in total. The van der Waals surface area contributed by atoms with Gasteiger partial charge in [-0.3, -0.25) is 0 Å². The summed E-state index contributed by atoms with van der Waals surface area (Å²) in [7, 11) is 0. The number of benzene rings is 2. The summed E-state index contributed by atoms with van der Waals surface area (Å²) >= 11 is 0. The molecule has 0 saturated heterocycles. The molecule has 0 heterocycles. The maximum atomic E-state index is 5.92. The molecule has 2 aromatic rings. The van der Waals surface area contributed by atoms with Crippen molar-refractivity contribution in [3.63, 3.8) is 0 Å². The van der Waals surface area contributed by atoms with E-state index in [0.29, 0.717) is 13.2 Å². The molecule has 27 heavy (non-hydrogen) atoms. The minimum Gasteiger partial charge on any atom is -0.492 e. The maximum absolute atomic E-state index is 5.92. The number of nitrogens with one attached hydrogen (secondary N) is 2. The first-order valence-electron chi connectivity index (χ1n) is 10.2. The largest absolute Gasteiger partial charge is 0.492 e. The molecule has 0 aliphatic heterocycles. The van der Waals surface area contributed by atoms with E-state index < -0.39 is 0 Å². The van der Waals surface area contributed by atoms with E-state index in [9.17, 15) is 0 Å². The minimum absolute atomic E-state index is 0.694. The van der Waals surface area contributed by atoms with E-state index in [4.69, 9.17) is 9.47 Å². The molecular weight excluding hydrogens is 336 g/mol. The average molecular weight is 369 g/mol. The van der Waals surface area contributed by atoms with Crippen molar-refractivity contribution in [1.82, 2.24) is 10.6 Å². The van der Waals surface area contributed by atoms with Gasteiger partial charge in [-0.2, -0.15) is 0 Å². The van der Waals surface area contributed by atoms with Gasteiger partial charge >= 0.3 is 0 Å². The molecule has 0 saturated carbocycles. The van der Waals surface area contributed by atoms with Gasteiger partial charge in [0.05, 0.1) is 0 Å². The molecule has 0 atom stereocenters. The van der Waals surface area contributed by atoms with Crippen molar-refractivity contribution < 1.29 is 9.47 Å². The molecule has 0 unspecified atom stereocenters. The van der Waals surface area contributed by atoms with Gasteiger partial charge in [0.1, 0.15) is 24.7 Å². The summed E-state index contributed by atoms with van der Waals surface area (Å²) in [6.07, 6.45) is 3.28. The molecule has 2 N–H and O–H groups in total. The predicted molar refractivity (Wildman–Crippen MR) is 112 cm³/mol. The van der Waals surface area contributed by atoms with Crippen molar-refractivity contribution in [3.8, 4) is 22.6 Å². The van der Waals surface area contributed by atoms with Crippen molar-refractivity contribution in [3.05, 3.63) is 47.5 Å². The predicted octanol–water partition coefficient (Wildman–Crippen LogP) is 4.01. The second-order valence-corrected chi connectivity index (χ2v) is 7.01. The van der Waals surface area contributed by atoms with Crippen molar-refractivity contribution in [1.29, 1.82) is 0 Å². The zero-order valence-electron chi connectivity index (χ0n) is 16.6. The molecule has 0 amide bonds. The molecule has 3 rings (SSSR count). The van der Waals surface area contributed by atoms with Gasteiger partial charge in [0.25, 0.3) is 0 Å². The first kappa shape index (κ1) is 19.7. The molecule has 0 radical (unpaired) electrons. The van der Waals surface area contributed by atoms with Gasteiger partial charge in [0.15, 0.2) is 0 Å². The summed E-state index contributed by atoms with van der Waals surface area (Å²) in [4.78, 5) is 0. The maximum Gasteiger partial charge on any atom is 0.120 e. The molecule has 1 aliphatic rings. The Labute approximate surface area is 163 Å². The lowest BCUT2D eigenvalue weighted by Crippen LogP contribution is -2.21. The number of hydrogen-bond donors (Lipinski definition) is 2. The van der Waals surface area contributed by atoms with Crippen LogP contribution < -0.4 is 20.1 Å². The molecule has 146 valence electrons. The lowest BCUT2D eigenvalue weighted by atomic mass is 10.1. The number of hydrogen-bond acceptors (Lipinski definition) is 4. The number of rotatable bonds is 12. The molecular formula is C23H32N2O2. The van der Waals surface area contributed by atoms with Crippen molar-refractivity contribution in [2.45, 2.75) is 33.1 Å². The monoisotopic (exact) mass is 368 g/mol. The lowest BCUT2D eigenvalue weighted by Gasteiger charge is -2.10. The Kier molecular flexibility index (Phi) is 7.55. The van der Waals surface area contributed by atoms with Crippen molar-refractivity contribution in [2.24, 2.45) is 0 Å². The van der Waals surface area contributed by atoms with E-state index >= 15 is 0 Å². The lowest BCUT2D eigenvalue weighted by molar-refractivity contribution is 0.314. The second-order valence-electron chi connectivity index (χ2n) is 7.01. The minimum atomic E-state index is 0.694. The van der Waals surface area contributed by atoms with Crippen LogP contribution in [0.15, 0.2) is 36.4 Å². The average Bonchev–Trinajstić information content (AvgIpc) is 3.05. The number of fused-ring (bicyclic) bond motifs is 3. The van der Waals surface area contributed by atoms with Crippen LogP contribution in [0.2, 0.25) is 0 Å². The molecule has 1 aliphatic carbocycles. The normalized spacial score (nSPS) is 11.9. The van der Waals surface area contributed by atoms with Gasteiger partial charge in [-0.1, -0.05) is 26.0 Å². The van der Waals surface area contributed by atoms with Gasteiger partial charge in [0, 0.05) is 13.1 Å². The molecule has 4 heteroatoms.